The van der Waals surface area contributed by atoms with Crippen molar-refractivity contribution >= 4 is 41.8 Å². The molecule has 1 atom stereocenters. The first kappa shape index (κ1) is 8.34. The molecule has 0 nitrogen and oxygen atoms in total. The molecule has 0 spiro atoms. The van der Waals surface area contributed by atoms with Crippen LogP contribution in [0, 0.1) is 0 Å². The van der Waals surface area contributed by atoms with Gasteiger partial charge >= 0.3 is 72.5 Å². The van der Waals surface area contributed by atoms with E-state index in [1.807, 2.05) is 7.04 Å². The molecule has 1 aliphatic heterocycles. The third-order valence-corrected chi connectivity index (χ3v) is 29.3. The van der Waals surface area contributed by atoms with E-state index in [1.165, 1.54) is 0 Å². The second-order valence-corrected chi connectivity index (χ2v) is 19.8. The maximum absolute atomic E-state index is 2.79. The summed E-state index contributed by atoms with van der Waals surface area (Å²) in [6.07, 6.45) is 0. The van der Waals surface area contributed by atoms with Crippen LogP contribution < -0.4 is 0 Å². The normalized spacial score (nSPS) is 29.1. The van der Waals surface area contributed by atoms with Crippen molar-refractivity contribution in [1.29, 1.82) is 0 Å². The van der Waals surface area contributed by atoms with E-state index < -0.39 is 39.9 Å². The van der Waals surface area contributed by atoms with Crippen molar-refractivity contribution in [2.24, 2.45) is 0 Å². The van der Waals surface area contributed by atoms with E-state index in [4.69, 9.17) is 0 Å². The number of allylic oxidation sites excluding steroid dienone is 2. The molecule has 0 aliphatic carbocycles. The molecule has 0 N–H and O–H groups in total. The Bertz CT molecular complexity index is 189. The van der Waals surface area contributed by atoms with Crippen LogP contribution in [0.1, 0.15) is 13.8 Å². The van der Waals surface area contributed by atoms with E-state index in [1.54, 1.807) is 0 Å². The minimum atomic E-state index is -0.934. The second kappa shape index (κ2) is 3.10. The molecular weight excluding hydrogens is 328 g/mol. The Morgan fingerprint density at radius 3 is 2.11 bits per heavy atom. The molecular formula is C7H14Sb2. The van der Waals surface area contributed by atoms with Crippen molar-refractivity contribution < 1.29 is 0 Å². The third-order valence-electron chi connectivity index (χ3n) is 2.05. The molecule has 0 radical (unpaired) electrons. The molecule has 1 aliphatic rings. The minimum absolute atomic E-state index is 0.810. The molecule has 0 aromatic rings. The van der Waals surface area contributed by atoms with E-state index >= 15 is 0 Å². The van der Waals surface area contributed by atoms with Gasteiger partial charge in [-0.15, -0.1) is 0 Å². The summed E-state index contributed by atoms with van der Waals surface area (Å²) in [5.41, 5.74) is 0. The first-order valence-electron chi connectivity index (χ1n) is 3.22. The molecule has 0 amide bonds. The first-order chi connectivity index (χ1) is 4.13. The Labute approximate surface area is 71.7 Å². The van der Waals surface area contributed by atoms with Crippen LogP contribution in [-0.4, -0.2) is 41.8 Å². The Morgan fingerprint density at radius 2 is 2.00 bits per heavy atom. The van der Waals surface area contributed by atoms with Crippen LogP contribution in [0.2, 0.25) is 9.74 Å². The monoisotopic (exact) mass is 340 g/mol. The van der Waals surface area contributed by atoms with Crippen LogP contribution >= 0.6 is 0 Å². The van der Waals surface area contributed by atoms with E-state index in [2.05, 4.69) is 25.5 Å². The van der Waals surface area contributed by atoms with Gasteiger partial charge in [-0.3, -0.25) is 0 Å². The van der Waals surface area contributed by atoms with Gasteiger partial charge in [-0.25, -0.2) is 0 Å². The molecule has 1 unspecified atom stereocenters. The molecule has 52 valence electrons. The Balaban J connectivity index is 2.97. The Hall–Kier alpha value is 1.25. The fraction of sp³-hybridized carbons (Fsp3) is 0.571. The maximum atomic E-state index is 2.79. The van der Waals surface area contributed by atoms with Gasteiger partial charge in [-0.05, 0) is 0 Å². The van der Waals surface area contributed by atoms with Crippen LogP contribution in [0.15, 0.2) is 7.04 Å². The summed E-state index contributed by atoms with van der Waals surface area (Å²) >= 11 is -1.74. The van der Waals surface area contributed by atoms with Crippen molar-refractivity contribution in [3.05, 3.63) is 7.04 Å². The van der Waals surface area contributed by atoms with Gasteiger partial charge in [-0.1, -0.05) is 0 Å². The average Bonchev–Trinajstić information content (AvgIpc) is 1.98. The fourth-order valence-corrected chi connectivity index (χ4v) is 32.2. The second-order valence-electron chi connectivity index (χ2n) is 2.63. The van der Waals surface area contributed by atoms with Crippen molar-refractivity contribution in [2.75, 3.05) is 0 Å². The van der Waals surface area contributed by atoms with Gasteiger partial charge in [-0.2, -0.15) is 0 Å². The average molecular weight is 342 g/mol. The summed E-state index contributed by atoms with van der Waals surface area (Å²) in [4.78, 5) is 5.01. The SMILES string of the molecule is C[C]1=[C](C)[SbH]([CH3])=[CH][Sb]1[CH3]. The van der Waals surface area contributed by atoms with E-state index in [9.17, 15) is 0 Å². The van der Waals surface area contributed by atoms with Crippen LogP contribution in [0.3, 0.4) is 0 Å². The standard InChI is InChI=1S/C4H6.2CH3.CH.2Sb.H/c1-3-4-2;;;;;;/h1-2H3;2*1H3;1H;;;. The van der Waals surface area contributed by atoms with Crippen LogP contribution in [0.5, 0.6) is 0 Å². The van der Waals surface area contributed by atoms with Gasteiger partial charge < -0.3 is 0 Å². The van der Waals surface area contributed by atoms with Crippen molar-refractivity contribution in [3.63, 3.8) is 0 Å². The Morgan fingerprint density at radius 1 is 1.44 bits per heavy atom. The molecule has 2 heteroatoms. The van der Waals surface area contributed by atoms with Crippen LogP contribution in [0.25, 0.3) is 0 Å². The van der Waals surface area contributed by atoms with Gasteiger partial charge in [0, 0.05) is 0 Å². The molecule has 1 heterocycles. The quantitative estimate of drug-likeness (QED) is 0.583. The zero-order valence-corrected chi connectivity index (χ0v) is 11.9. The van der Waals surface area contributed by atoms with Crippen LogP contribution in [0.4, 0.5) is 0 Å². The molecule has 0 fully saturated rings. The number of hydrogen-bond donors (Lipinski definition) is 0. The summed E-state index contributed by atoms with van der Waals surface area (Å²) in [6.45, 7) is 4.74. The van der Waals surface area contributed by atoms with E-state index in [-0.39, 0.29) is 0 Å². The molecule has 0 aromatic heterocycles. The number of hydrogen-bond acceptors (Lipinski definition) is 0. The van der Waals surface area contributed by atoms with Gasteiger partial charge in [0.15, 0.2) is 0 Å². The summed E-state index contributed by atoms with van der Waals surface area (Å²) in [7, 11) is 0. The van der Waals surface area contributed by atoms with Gasteiger partial charge in [0.1, 0.15) is 0 Å². The summed E-state index contributed by atoms with van der Waals surface area (Å²) in [6, 6.07) is 0. The van der Waals surface area contributed by atoms with E-state index in [0.717, 1.165) is 0 Å². The molecule has 1 rings (SSSR count). The molecule has 0 bridgehead atoms. The molecule has 0 saturated carbocycles. The van der Waals surface area contributed by atoms with Gasteiger partial charge in [0.2, 0.25) is 0 Å². The van der Waals surface area contributed by atoms with Crippen molar-refractivity contribution in [3.8, 4) is 0 Å². The Kier molecular flexibility index (Phi) is 2.87. The van der Waals surface area contributed by atoms with Crippen molar-refractivity contribution in [2.45, 2.75) is 23.6 Å². The number of rotatable bonds is 0. The summed E-state index contributed by atoms with van der Waals surface area (Å²) in [5.74, 6) is 0. The van der Waals surface area contributed by atoms with Gasteiger partial charge in [0.05, 0.1) is 0 Å². The predicted octanol–water partition coefficient (Wildman–Crippen LogP) is 1.32. The molecule has 0 saturated heterocycles. The topological polar surface area (TPSA) is 0 Å². The molecule has 9 heavy (non-hydrogen) atoms. The summed E-state index contributed by atoms with van der Waals surface area (Å²) < 4.78 is 6.48. The van der Waals surface area contributed by atoms with E-state index in [0.29, 0.717) is 0 Å². The molecule has 0 aromatic carbocycles. The predicted molar refractivity (Wildman–Crippen MR) is 49.1 cm³/mol. The summed E-state index contributed by atoms with van der Waals surface area (Å²) in [5, 5.41) is 0. The van der Waals surface area contributed by atoms with Gasteiger partial charge in [0.25, 0.3) is 0 Å². The van der Waals surface area contributed by atoms with Crippen LogP contribution in [-0.2, 0) is 0 Å². The third kappa shape index (κ3) is 1.63. The van der Waals surface area contributed by atoms with Crippen molar-refractivity contribution in [1.82, 2.24) is 0 Å². The first-order valence-corrected chi connectivity index (χ1v) is 14.4. The zero-order chi connectivity index (χ0) is 7.02. The zero-order valence-electron chi connectivity index (χ0n) is 6.52. The fourth-order valence-electron chi connectivity index (χ4n) is 1.03.